The normalized spacial score (nSPS) is 21.4. The van der Waals surface area contributed by atoms with E-state index in [9.17, 15) is 5.26 Å². The first-order valence-corrected chi connectivity index (χ1v) is 8.86. The zero-order valence-electron chi connectivity index (χ0n) is 13.1. The van der Waals surface area contributed by atoms with Crippen LogP contribution in [0, 0.1) is 11.3 Å². The van der Waals surface area contributed by atoms with E-state index in [0.29, 0.717) is 0 Å². The van der Waals surface area contributed by atoms with E-state index < -0.39 is 0 Å². The molecule has 0 saturated carbocycles. The van der Waals surface area contributed by atoms with E-state index in [0.717, 1.165) is 36.8 Å². The molecule has 0 N–H and O–H groups in total. The molecule has 2 aliphatic heterocycles. The Hall–Kier alpha value is -1.24. The van der Waals surface area contributed by atoms with Gasteiger partial charge < -0.3 is 4.90 Å². The lowest BCUT2D eigenvalue weighted by molar-refractivity contribution is 0.196. The van der Waals surface area contributed by atoms with Gasteiger partial charge in [0.2, 0.25) is 0 Å². The smallest absolute Gasteiger partial charge is 0.127 e. The van der Waals surface area contributed by atoms with Crippen molar-refractivity contribution in [2.24, 2.45) is 0 Å². The Morgan fingerprint density at radius 3 is 2.23 bits per heavy atom. The third kappa shape index (κ3) is 3.24. The Bertz CT molecular complexity index is 540. The number of rotatable bonds is 3. The second kappa shape index (κ2) is 7.35. The summed E-state index contributed by atoms with van der Waals surface area (Å²) in [4.78, 5) is 4.72. The molecule has 0 spiro atoms. The number of anilines is 1. The Morgan fingerprint density at radius 1 is 0.955 bits per heavy atom. The molecule has 0 aromatic heterocycles. The van der Waals surface area contributed by atoms with Crippen LogP contribution in [-0.2, 0) is 0 Å². The van der Waals surface area contributed by atoms with Crippen LogP contribution in [0.1, 0.15) is 50.1 Å². The van der Waals surface area contributed by atoms with Crippen molar-refractivity contribution in [3.8, 4) is 6.07 Å². The van der Waals surface area contributed by atoms with Crippen molar-refractivity contribution in [3.63, 3.8) is 0 Å². The Morgan fingerprint density at radius 2 is 1.59 bits per heavy atom. The van der Waals surface area contributed by atoms with Crippen LogP contribution < -0.4 is 4.90 Å². The van der Waals surface area contributed by atoms with E-state index in [1.165, 1.54) is 44.2 Å². The minimum atomic E-state index is -0.217. The van der Waals surface area contributed by atoms with Crippen LogP contribution >= 0.6 is 11.6 Å². The summed E-state index contributed by atoms with van der Waals surface area (Å²) in [6.07, 6.45) is 7.40. The van der Waals surface area contributed by atoms with Crippen molar-refractivity contribution in [2.45, 2.75) is 44.6 Å². The molecule has 22 heavy (non-hydrogen) atoms. The molecule has 1 aromatic rings. The van der Waals surface area contributed by atoms with Crippen molar-refractivity contribution in [1.82, 2.24) is 4.90 Å². The maximum Gasteiger partial charge on any atom is 0.127 e. The summed E-state index contributed by atoms with van der Waals surface area (Å²) in [7, 11) is 0. The molecule has 3 rings (SSSR count). The minimum Gasteiger partial charge on any atom is -0.371 e. The van der Waals surface area contributed by atoms with Crippen LogP contribution in [0.3, 0.4) is 0 Å². The summed E-state index contributed by atoms with van der Waals surface area (Å²) >= 11 is 6.54. The number of nitrogens with zero attached hydrogens (tertiary/aromatic N) is 3. The molecule has 1 atom stereocenters. The molecule has 1 aromatic carbocycles. The number of piperidine rings is 2. The summed E-state index contributed by atoms with van der Waals surface area (Å²) in [5.74, 6) is 0. The summed E-state index contributed by atoms with van der Waals surface area (Å²) in [6.45, 7) is 4.16. The molecule has 0 amide bonds. The molecular weight excluding hydrogens is 294 g/mol. The van der Waals surface area contributed by atoms with E-state index >= 15 is 0 Å². The average molecular weight is 318 g/mol. The first kappa shape index (κ1) is 15.6. The topological polar surface area (TPSA) is 30.3 Å². The van der Waals surface area contributed by atoms with Gasteiger partial charge in [0.15, 0.2) is 0 Å². The number of hydrogen-bond donors (Lipinski definition) is 0. The van der Waals surface area contributed by atoms with Gasteiger partial charge >= 0.3 is 0 Å². The van der Waals surface area contributed by atoms with Gasteiger partial charge in [-0.15, -0.1) is 0 Å². The molecule has 0 unspecified atom stereocenters. The van der Waals surface area contributed by atoms with E-state index in [1.807, 2.05) is 12.1 Å². The standard InChI is InChI=1S/C18H24ClN3/c19-15-8-7-9-16(21-10-3-1-4-11-21)18(15)17(14-20)22-12-5-2-6-13-22/h7-9,17H,1-6,10-13H2/t17-/m1/s1. The summed E-state index contributed by atoms with van der Waals surface area (Å²) < 4.78 is 0. The van der Waals surface area contributed by atoms with Gasteiger partial charge in [-0.2, -0.15) is 5.26 Å². The molecule has 118 valence electrons. The number of halogens is 1. The molecule has 3 nitrogen and oxygen atoms in total. The zero-order valence-corrected chi connectivity index (χ0v) is 13.9. The molecule has 0 radical (unpaired) electrons. The van der Waals surface area contributed by atoms with Crippen molar-refractivity contribution in [2.75, 3.05) is 31.1 Å². The predicted molar refractivity (Wildman–Crippen MR) is 91.3 cm³/mol. The van der Waals surface area contributed by atoms with Gasteiger partial charge in [-0.3, -0.25) is 4.90 Å². The lowest BCUT2D eigenvalue weighted by Crippen LogP contribution is -2.35. The van der Waals surface area contributed by atoms with Crippen molar-refractivity contribution >= 4 is 17.3 Å². The highest BCUT2D eigenvalue weighted by Gasteiger charge is 2.28. The second-order valence-corrected chi connectivity index (χ2v) is 6.76. The highest BCUT2D eigenvalue weighted by Crippen LogP contribution is 2.37. The lowest BCUT2D eigenvalue weighted by Gasteiger charge is -2.36. The van der Waals surface area contributed by atoms with Crippen molar-refractivity contribution in [3.05, 3.63) is 28.8 Å². The Labute approximate surface area is 138 Å². The first-order valence-electron chi connectivity index (χ1n) is 8.48. The van der Waals surface area contributed by atoms with Crippen LogP contribution in [0.4, 0.5) is 5.69 Å². The molecule has 4 heteroatoms. The average Bonchev–Trinajstić information content (AvgIpc) is 2.59. The molecule has 2 fully saturated rings. The second-order valence-electron chi connectivity index (χ2n) is 6.35. The Balaban J connectivity index is 1.94. The number of hydrogen-bond acceptors (Lipinski definition) is 3. The van der Waals surface area contributed by atoms with E-state index in [4.69, 9.17) is 11.6 Å². The summed E-state index contributed by atoms with van der Waals surface area (Å²) in [5, 5.41) is 10.5. The summed E-state index contributed by atoms with van der Waals surface area (Å²) in [6, 6.07) is 8.39. The highest BCUT2D eigenvalue weighted by molar-refractivity contribution is 6.31. The molecule has 2 saturated heterocycles. The fourth-order valence-corrected chi connectivity index (χ4v) is 3.99. The monoisotopic (exact) mass is 317 g/mol. The molecule has 2 aliphatic rings. The van der Waals surface area contributed by atoms with Gasteiger partial charge in [0.1, 0.15) is 6.04 Å². The maximum absolute atomic E-state index is 9.81. The van der Waals surface area contributed by atoms with Gasteiger partial charge in [0, 0.05) is 29.4 Å². The Kier molecular flexibility index (Phi) is 5.23. The molecule has 0 aliphatic carbocycles. The maximum atomic E-state index is 9.81. The van der Waals surface area contributed by atoms with Gasteiger partial charge in [0.05, 0.1) is 6.07 Å². The molecular formula is C18H24ClN3. The summed E-state index contributed by atoms with van der Waals surface area (Å²) in [5.41, 5.74) is 2.19. The van der Waals surface area contributed by atoms with E-state index in [2.05, 4.69) is 21.9 Å². The van der Waals surface area contributed by atoms with Crippen LogP contribution in [0.25, 0.3) is 0 Å². The zero-order chi connectivity index (χ0) is 15.4. The fourth-order valence-electron chi connectivity index (χ4n) is 3.71. The molecule has 0 bridgehead atoms. The fraction of sp³-hybridized carbons (Fsp3) is 0.611. The number of benzene rings is 1. The van der Waals surface area contributed by atoms with Crippen LogP contribution in [0.2, 0.25) is 5.02 Å². The van der Waals surface area contributed by atoms with Gasteiger partial charge in [0.25, 0.3) is 0 Å². The third-order valence-electron chi connectivity index (χ3n) is 4.88. The number of likely N-dealkylation sites (tertiary alicyclic amines) is 1. The minimum absolute atomic E-state index is 0.217. The van der Waals surface area contributed by atoms with Gasteiger partial charge in [-0.25, -0.2) is 0 Å². The van der Waals surface area contributed by atoms with Crippen molar-refractivity contribution < 1.29 is 0 Å². The highest BCUT2D eigenvalue weighted by atomic mass is 35.5. The quantitative estimate of drug-likeness (QED) is 0.828. The van der Waals surface area contributed by atoms with Gasteiger partial charge in [-0.1, -0.05) is 24.1 Å². The first-order chi connectivity index (χ1) is 10.8. The largest absolute Gasteiger partial charge is 0.371 e. The number of nitriles is 1. The molecule has 2 heterocycles. The van der Waals surface area contributed by atoms with Gasteiger partial charge in [-0.05, 0) is 57.3 Å². The van der Waals surface area contributed by atoms with Crippen LogP contribution in [0.15, 0.2) is 18.2 Å². The predicted octanol–water partition coefficient (Wildman–Crippen LogP) is 4.38. The third-order valence-corrected chi connectivity index (χ3v) is 5.21. The van der Waals surface area contributed by atoms with Crippen molar-refractivity contribution in [1.29, 1.82) is 5.26 Å². The lowest BCUT2D eigenvalue weighted by atomic mass is 9.99. The van der Waals surface area contributed by atoms with Crippen LogP contribution in [0.5, 0.6) is 0 Å². The SMILES string of the molecule is N#C[C@H](c1c(Cl)cccc1N1CCCCC1)N1CCCCC1. The van der Waals surface area contributed by atoms with Crippen LogP contribution in [-0.4, -0.2) is 31.1 Å². The van der Waals surface area contributed by atoms with E-state index in [1.54, 1.807) is 0 Å². The van der Waals surface area contributed by atoms with E-state index in [-0.39, 0.29) is 6.04 Å².